The molecule has 0 fully saturated rings. The standard InChI is InChI=1S/C56H95N17O24/c1-24(2)19-34(69-52(93)36(22-74)71-45(86)27(6)63-48(89)31(12-16-41(81)82)67-51(92)35(20-25(3)4)70-53(94)37(23-75)72-46(87)29(57)10-14-38(58)77)50(91)64-26(5)44(85)66-32(13-17-42(83)84)49(90)73-43(28(7)76)54(95)68-30(11-15-40(79)80)47(88)62-21-39(78)65-33(55(96)97)9-8-18-61-56(59)60/h24-37,43,74-76H,8-23,57H2,1-7H3,(H2,58,77)(H,62,88)(H,63,89)(H,64,91)(H,65,78)(H,66,85)(H,67,92)(H,68,95)(H,69,93)(H,70,94)(H,71,86)(H,72,87)(H,73,90)(H,79,80)(H,81,82)(H,83,84)(H,96,97)(H4,59,60,61)/t26-,27-,28+,29-,30-,31-,32-,33-,34-,35-,36-,37-,43-/m0/s1. The van der Waals surface area contributed by atoms with Gasteiger partial charge < -0.3 is 122 Å². The summed E-state index contributed by atoms with van der Waals surface area (Å²) in [6.07, 6.45) is -6.78. The summed E-state index contributed by atoms with van der Waals surface area (Å²) in [4.78, 5) is 222. The Morgan fingerprint density at radius 1 is 0.392 bits per heavy atom. The van der Waals surface area contributed by atoms with Crippen molar-refractivity contribution in [3.63, 3.8) is 0 Å². The number of carbonyl (C=O) groups is 17. The van der Waals surface area contributed by atoms with Crippen LogP contribution in [0.2, 0.25) is 0 Å². The zero-order valence-corrected chi connectivity index (χ0v) is 54.8. The number of nitrogens with two attached hydrogens (primary N) is 4. The van der Waals surface area contributed by atoms with E-state index in [2.05, 4.69) is 68.8 Å². The van der Waals surface area contributed by atoms with Gasteiger partial charge >= 0.3 is 23.9 Å². The summed E-state index contributed by atoms with van der Waals surface area (Å²) in [5, 5.41) is 95.3. The third-order valence-electron chi connectivity index (χ3n) is 13.8. The van der Waals surface area contributed by atoms with Gasteiger partial charge in [-0.05, 0) is 84.0 Å². The summed E-state index contributed by atoms with van der Waals surface area (Å²) in [7, 11) is 0. The van der Waals surface area contributed by atoms with Crippen molar-refractivity contribution < 1.29 is 117 Å². The van der Waals surface area contributed by atoms with E-state index in [-0.39, 0.29) is 56.9 Å². The van der Waals surface area contributed by atoms with Crippen LogP contribution in [0.1, 0.15) is 126 Å². The molecule has 0 radical (unpaired) electrons. The summed E-state index contributed by atoms with van der Waals surface area (Å²) < 4.78 is 0. The summed E-state index contributed by atoms with van der Waals surface area (Å²) >= 11 is 0. The number of primary amides is 1. The number of guanidine groups is 1. The van der Waals surface area contributed by atoms with Crippen LogP contribution in [-0.2, 0) is 81.5 Å². The molecule has 0 aliphatic rings. The fourth-order valence-electron chi connectivity index (χ4n) is 8.50. The summed E-state index contributed by atoms with van der Waals surface area (Å²) in [5.74, 6) is -21.1. The number of aliphatic hydroxyl groups is 3. The molecule has 0 aliphatic carbocycles. The van der Waals surface area contributed by atoms with E-state index in [1.165, 1.54) is 0 Å². The zero-order valence-electron chi connectivity index (χ0n) is 54.8. The lowest BCUT2D eigenvalue weighted by atomic mass is 10.0. The maximum absolute atomic E-state index is 13.8. The minimum atomic E-state index is -2.02. The number of aliphatic imine (C=N–C) groups is 1. The van der Waals surface area contributed by atoms with E-state index in [4.69, 9.17) is 22.9 Å². The Kier molecular flexibility index (Phi) is 40.1. The minimum absolute atomic E-state index is 0.0251. The van der Waals surface area contributed by atoms with Crippen LogP contribution in [0.5, 0.6) is 0 Å². The Balaban J connectivity index is 6.33. The number of rotatable bonds is 48. The van der Waals surface area contributed by atoms with E-state index < -0.39 is 243 Å². The number of carboxylic acids is 4. The number of aliphatic carboxylic acids is 4. The van der Waals surface area contributed by atoms with Gasteiger partial charge in [-0.25, -0.2) is 4.79 Å². The van der Waals surface area contributed by atoms with Crippen LogP contribution in [0.4, 0.5) is 0 Å². The molecule has 41 heteroatoms. The first kappa shape index (κ1) is 87.1. The highest BCUT2D eigenvalue weighted by Crippen LogP contribution is 2.11. The van der Waals surface area contributed by atoms with Crippen molar-refractivity contribution in [3.8, 4) is 0 Å². The molecule has 97 heavy (non-hydrogen) atoms. The quantitative estimate of drug-likeness (QED) is 0.0153. The van der Waals surface area contributed by atoms with Crippen molar-refractivity contribution in [1.82, 2.24) is 63.8 Å². The minimum Gasteiger partial charge on any atom is -0.481 e. The van der Waals surface area contributed by atoms with E-state index in [9.17, 15) is 117 Å². The molecule has 0 heterocycles. The number of carboxylic acid groups (broad SMARTS) is 4. The molecule has 0 spiro atoms. The van der Waals surface area contributed by atoms with E-state index in [0.29, 0.717) is 0 Å². The number of hydrogen-bond acceptors (Lipinski definition) is 22. The third kappa shape index (κ3) is 36.0. The molecule has 0 aromatic carbocycles. The van der Waals surface area contributed by atoms with Gasteiger partial charge in [-0.2, -0.15) is 0 Å². The molecule has 0 saturated carbocycles. The fourth-order valence-corrected chi connectivity index (χ4v) is 8.50. The summed E-state index contributed by atoms with van der Waals surface area (Å²) in [6.45, 7) is 6.79. The van der Waals surface area contributed by atoms with E-state index in [1.54, 1.807) is 27.7 Å². The third-order valence-corrected chi connectivity index (χ3v) is 13.8. The maximum atomic E-state index is 13.8. The highest BCUT2D eigenvalue weighted by Gasteiger charge is 2.37. The van der Waals surface area contributed by atoms with Crippen LogP contribution in [0.3, 0.4) is 0 Å². The van der Waals surface area contributed by atoms with Gasteiger partial charge in [0.25, 0.3) is 0 Å². The second-order valence-corrected chi connectivity index (χ2v) is 23.3. The van der Waals surface area contributed by atoms with Crippen molar-refractivity contribution in [2.24, 2.45) is 39.8 Å². The van der Waals surface area contributed by atoms with Gasteiger partial charge in [0.2, 0.25) is 76.8 Å². The molecule has 27 N–H and O–H groups in total. The molecule has 13 amide bonds. The lowest BCUT2D eigenvalue weighted by Crippen LogP contribution is -2.61. The van der Waals surface area contributed by atoms with Crippen LogP contribution in [0.15, 0.2) is 4.99 Å². The smallest absolute Gasteiger partial charge is 0.326 e. The van der Waals surface area contributed by atoms with E-state index in [1.807, 2.05) is 0 Å². The highest BCUT2D eigenvalue weighted by molar-refractivity contribution is 6.00. The lowest BCUT2D eigenvalue weighted by Gasteiger charge is -2.28. The molecule has 0 aromatic heterocycles. The number of hydrogen-bond donors (Lipinski definition) is 23. The molecule has 0 aromatic rings. The monoisotopic (exact) mass is 1390 g/mol. The molecule has 0 bridgehead atoms. The van der Waals surface area contributed by atoms with Crippen molar-refractivity contribution in [2.75, 3.05) is 26.3 Å². The first-order chi connectivity index (χ1) is 45.1. The second kappa shape index (κ2) is 44.7. The first-order valence-corrected chi connectivity index (χ1v) is 30.6. The van der Waals surface area contributed by atoms with Gasteiger partial charge in [-0.3, -0.25) is 81.7 Å². The number of nitrogens with zero attached hydrogens (tertiary/aromatic N) is 1. The molecule has 13 atom stereocenters. The molecule has 0 saturated heterocycles. The van der Waals surface area contributed by atoms with Gasteiger partial charge in [-0.1, -0.05) is 27.7 Å². The van der Waals surface area contributed by atoms with E-state index in [0.717, 1.165) is 20.8 Å². The Hall–Kier alpha value is -9.90. The summed E-state index contributed by atoms with van der Waals surface area (Å²) in [5.41, 5.74) is 21.3. The molecular weight excluding hydrogens is 1290 g/mol. The number of amides is 13. The highest BCUT2D eigenvalue weighted by atomic mass is 16.4. The lowest BCUT2D eigenvalue weighted by molar-refractivity contribution is -0.142. The average Bonchev–Trinajstić information content (AvgIpc) is 0.905. The van der Waals surface area contributed by atoms with Crippen LogP contribution < -0.4 is 86.7 Å². The van der Waals surface area contributed by atoms with Crippen LogP contribution in [-0.4, -0.2) is 247 Å². The molecule has 0 aliphatic heterocycles. The SMILES string of the molecule is CC(C)C[C@H](NC(=O)[C@H](CO)NC(=O)[C@H](C)NC(=O)[C@H](CCC(=O)O)NC(=O)[C@H](CC(C)C)NC(=O)[C@H](CO)NC(=O)[C@@H](N)CCC(N)=O)C(=O)N[C@@H](C)C(=O)N[C@@H](CCC(=O)O)C(=O)N[C@H](C(=O)N[C@@H](CCC(=O)O)C(=O)NCC(=O)N[C@@H](CCCN=C(N)N)C(=O)O)[C@@H](C)O. The molecule has 548 valence electrons. The predicted molar refractivity (Wildman–Crippen MR) is 335 cm³/mol. The van der Waals surface area contributed by atoms with Crippen LogP contribution in [0, 0.1) is 11.8 Å². The van der Waals surface area contributed by atoms with Crippen LogP contribution in [0.25, 0.3) is 0 Å². The van der Waals surface area contributed by atoms with Gasteiger partial charge in [0.15, 0.2) is 5.96 Å². The molecular formula is C56H95N17O24. The fraction of sp³-hybridized carbons (Fsp3) is 0.679. The second-order valence-electron chi connectivity index (χ2n) is 23.3. The van der Waals surface area contributed by atoms with Gasteiger partial charge in [0.05, 0.1) is 31.9 Å². The number of carbonyl (C=O) groups excluding carboxylic acids is 13. The number of nitrogens with one attached hydrogen (secondary N) is 12. The van der Waals surface area contributed by atoms with E-state index >= 15 is 0 Å². The van der Waals surface area contributed by atoms with Crippen LogP contribution >= 0.6 is 0 Å². The zero-order chi connectivity index (χ0) is 74.6. The Labute approximate surface area is 556 Å². The molecule has 0 rings (SSSR count). The van der Waals surface area contributed by atoms with Crippen molar-refractivity contribution in [2.45, 2.75) is 204 Å². The Morgan fingerprint density at radius 2 is 0.753 bits per heavy atom. The maximum Gasteiger partial charge on any atom is 0.326 e. The average molecular weight is 1390 g/mol. The Bertz CT molecular complexity index is 2800. The largest absolute Gasteiger partial charge is 0.481 e. The van der Waals surface area contributed by atoms with Gasteiger partial charge in [-0.15, -0.1) is 0 Å². The topological polar surface area (TPSA) is 693 Å². The van der Waals surface area contributed by atoms with Crippen molar-refractivity contribution >= 4 is 107 Å². The first-order valence-electron chi connectivity index (χ1n) is 30.6. The molecule has 41 nitrogen and oxygen atoms in total. The van der Waals surface area contributed by atoms with Gasteiger partial charge in [0.1, 0.15) is 66.5 Å². The van der Waals surface area contributed by atoms with Crippen molar-refractivity contribution in [1.29, 1.82) is 0 Å². The Morgan fingerprint density at radius 3 is 1.14 bits per heavy atom. The number of aliphatic hydroxyl groups excluding tert-OH is 3. The predicted octanol–water partition coefficient (Wildman–Crippen LogP) is -9.74. The van der Waals surface area contributed by atoms with Gasteiger partial charge in [0, 0.05) is 32.2 Å². The normalized spacial score (nSPS) is 15.0. The summed E-state index contributed by atoms with van der Waals surface area (Å²) in [6, 6.07) is -19.9. The molecule has 0 unspecified atom stereocenters. The van der Waals surface area contributed by atoms with Crippen molar-refractivity contribution in [3.05, 3.63) is 0 Å².